The average molecular weight is 238 g/mol. The molecule has 0 bridgehead atoms. The largest absolute Gasteiger partial charge is 0.497 e. The first-order valence-electron chi connectivity index (χ1n) is 6.14. The summed E-state index contributed by atoms with van der Waals surface area (Å²) in [5.74, 6) is 0.898. The van der Waals surface area contributed by atoms with Crippen LogP contribution in [0.5, 0.6) is 5.75 Å². The first-order chi connectivity index (χ1) is 8.79. The Morgan fingerprint density at radius 3 is 2.28 bits per heavy atom. The third-order valence-electron chi connectivity index (χ3n) is 3.03. The molecule has 0 aliphatic rings. The minimum Gasteiger partial charge on any atom is -0.497 e. The fraction of sp³-hybridized carbons (Fsp3) is 0.176. The van der Waals surface area contributed by atoms with Crippen LogP contribution >= 0.6 is 0 Å². The molecule has 0 amide bonds. The van der Waals surface area contributed by atoms with Gasteiger partial charge in [-0.3, -0.25) is 0 Å². The maximum Gasteiger partial charge on any atom is 0.118 e. The zero-order valence-corrected chi connectivity index (χ0v) is 10.9. The molecule has 92 valence electrons. The Hall–Kier alpha value is -2.02. The summed E-state index contributed by atoms with van der Waals surface area (Å²) in [6.45, 7) is 2.14. The van der Waals surface area contributed by atoms with Crippen LogP contribution in [0.3, 0.4) is 0 Å². The normalized spacial score (nSPS) is 11.3. The lowest BCUT2D eigenvalue weighted by atomic mass is 10.0. The molecule has 2 rings (SSSR count). The van der Waals surface area contributed by atoms with Crippen molar-refractivity contribution >= 4 is 5.57 Å². The van der Waals surface area contributed by atoms with Crippen LogP contribution in [0.1, 0.15) is 18.1 Å². The van der Waals surface area contributed by atoms with Crippen LogP contribution in [0.15, 0.2) is 60.7 Å². The molecule has 0 aromatic heterocycles. The summed E-state index contributed by atoms with van der Waals surface area (Å²) in [5.41, 5.74) is 3.87. The van der Waals surface area contributed by atoms with E-state index in [-0.39, 0.29) is 0 Å². The van der Waals surface area contributed by atoms with Crippen molar-refractivity contribution in [1.82, 2.24) is 0 Å². The van der Waals surface area contributed by atoms with Gasteiger partial charge in [0.15, 0.2) is 0 Å². The smallest absolute Gasteiger partial charge is 0.118 e. The van der Waals surface area contributed by atoms with Gasteiger partial charge in [-0.1, -0.05) is 48.5 Å². The first kappa shape index (κ1) is 12.4. The molecule has 1 nitrogen and oxygen atoms in total. The standard InChI is InChI=1S/C17H18O/c1-14(8-9-15-6-4-3-5-7-15)16-10-12-17(18-2)13-11-16/h3-8,10-13H,9H2,1-2H3/b14-8+. The van der Waals surface area contributed by atoms with Gasteiger partial charge < -0.3 is 4.74 Å². The van der Waals surface area contributed by atoms with E-state index in [0.29, 0.717) is 0 Å². The molecule has 0 saturated heterocycles. The molecular weight excluding hydrogens is 220 g/mol. The van der Waals surface area contributed by atoms with E-state index in [1.165, 1.54) is 16.7 Å². The molecule has 0 heterocycles. The zero-order chi connectivity index (χ0) is 12.8. The van der Waals surface area contributed by atoms with Gasteiger partial charge in [0.1, 0.15) is 5.75 Å². The molecule has 0 aliphatic heterocycles. The highest BCUT2D eigenvalue weighted by atomic mass is 16.5. The number of hydrogen-bond donors (Lipinski definition) is 0. The van der Waals surface area contributed by atoms with Gasteiger partial charge in [-0.2, -0.15) is 0 Å². The van der Waals surface area contributed by atoms with Crippen molar-refractivity contribution in [2.75, 3.05) is 7.11 Å². The minimum atomic E-state index is 0.898. The van der Waals surface area contributed by atoms with Gasteiger partial charge in [0.05, 0.1) is 7.11 Å². The van der Waals surface area contributed by atoms with Gasteiger partial charge in [0.25, 0.3) is 0 Å². The first-order valence-corrected chi connectivity index (χ1v) is 6.14. The lowest BCUT2D eigenvalue weighted by Gasteiger charge is -2.04. The Bertz CT molecular complexity index is 509. The number of methoxy groups -OCH3 is 1. The van der Waals surface area contributed by atoms with Gasteiger partial charge in [0.2, 0.25) is 0 Å². The van der Waals surface area contributed by atoms with E-state index in [0.717, 1.165) is 12.2 Å². The SMILES string of the molecule is COc1ccc(/C(C)=C/Cc2ccccc2)cc1. The summed E-state index contributed by atoms with van der Waals surface area (Å²) in [7, 11) is 1.69. The van der Waals surface area contributed by atoms with Crippen molar-refractivity contribution in [3.05, 3.63) is 71.8 Å². The Morgan fingerprint density at radius 2 is 1.67 bits per heavy atom. The average Bonchev–Trinajstić information content (AvgIpc) is 2.46. The van der Waals surface area contributed by atoms with Crippen molar-refractivity contribution in [3.8, 4) is 5.75 Å². The van der Waals surface area contributed by atoms with Crippen molar-refractivity contribution in [2.24, 2.45) is 0 Å². The number of hydrogen-bond acceptors (Lipinski definition) is 1. The predicted molar refractivity (Wildman–Crippen MR) is 76.8 cm³/mol. The molecule has 0 saturated carbocycles. The van der Waals surface area contributed by atoms with Crippen LogP contribution in [-0.2, 0) is 6.42 Å². The van der Waals surface area contributed by atoms with Crippen LogP contribution in [-0.4, -0.2) is 7.11 Å². The number of ether oxygens (including phenoxy) is 1. The predicted octanol–water partition coefficient (Wildman–Crippen LogP) is 4.34. The second-order valence-electron chi connectivity index (χ2n) is 4.31. The van der Waals surface area contributed by atoms with Crippen molar-refractivity contribution in [1.29, 1.82) is 0 Å². The lowest BCUT2D eigenvalue weighted by molar-refractivity contribution is 0.415. The Labute approximate surface area is 109 Å². The fourth-order valence-electron chi connectivity index (χ4n) is 1.86. The van der Waals surface area contributed by atoms with Gasteiger partial charge in [-0.25, -0.2) is 0 Å². The number of rotatable bonds is 4. The third kappa shape index (κ3) is 3.24. The summed E-state index contributed by atoms with van der Waals surface area (Å²) in [4.78, 5) is 0. The maximum atomic E-state index is 5.16. The number of allylic oxidation sites excluding steroid dienone is 2. The molecule has 0 spiro atoms. The maximum absolute atomic E-state index is 5.16. The van der Waals surface area contributed by atoms with Gasteiger partial charge in [-0.05, 0) is 42.2 Å². The van der Waals surface area contributed by atoms with Crippen LogP contribution in [0, 0.1) is 0 Å². The van der Waals surface area contributed by atoms with Gasteiger partial charge in [-0.15, -0.1) is 0 Å². The third-order valence-corrected chi connectivity index (χ3v) is 3.03. The molecule has 0 aliphatic carbocycles. The van der Waals surface area contributed by atoms with E-state index in [4.69, 9.17) is 4.74 Å². The van der Waals surface area contributed by atoms with E-state index in [9.17, 15) is 0 Å². The molecule has 0 fully saturated rings. The summed E-state index contributed by atoms with van der Waals surface area (Å²) in [6.07, 6.45) is 3.23. The monoisotopic (exact) mass is 238 g/mol. The highest BCUT2D eigenvalue weighted by Gasteiger charge is 1.96. The van der Waals surface area contributed by atoms with E-state index in [1.807, 2.05) is 18.2 Å². The summed E-state index contributed by atoms with van der Waals surface area (Å²) in [6, 6.07) is 18.7. The summed E-state index contributed by atoms with van der Waals surface area (Å²) >= 11 is 0. The van der Waals surface area contributed by atoms with Crippen LogP contribution in [0.2, 0.25) is 0 Å². The van der Waals surface area contributed by atoms with E-state index in [2.05, 4.69) is 49.4 Å². The second kappa shape index (κ2) is 6.06. The van der Waals surface area contributed by atoms with Gasteiger partial charge in [0, 0.05) is 0 Å². The van der Waals surface area contributed by atoms with E-state index < -0.39 is 0 Å². The molecule has 2 aromatic carbocycles. The summed E-state index contributed by atoms with van der Waals surface area (Å²) < 4.78 is 5.16. The summed E-state index contributed by atoms with van der Waals surface area (Å²) in [5, 5.41) is 0. The van der Waals surface area contributed by atoms with Gasteiger partial charge >= 0.3 is 0 Å². The minimum absolute atomic E-state index is 0.898. The Balaban J connectivity index is 2.08. The topological polar surface area (TPSA) is 9.23 Å². The molecule has 0 unspecified atom stereocenters. The Kier molecular flexibility index (Phi) is 4.19. The molecule has 18 heavy (non-hydrogen) atoms. The molecule has 2 aromatic rings. The fourth-order valence-corrected chi connectivity index (χ4v) is 1.86. The van der Waals surface area contributed by atoms with E-state index in [1.54, 1.807) is 7.11 Å². The van der Waals surface area contributed by atoms with Crippen LogP contribution < -0.4 is 4.74 Å². The highest BCUT2D eigenvalue weighted by Crippen LogP contribution is 2.18. The van der Waals surface area contributed by atoms with Crippen LogP contribution in [0.25, 0.3) is 5.57 Å². The Morgan fingerprint density at radius 1 is 1.00 bits per heavy atom. The highest BCUT2D eigenvalue weighted by molar-refractivity contribution is 5.64. The quantitative estimate of drug-likeness (QED) is 0.769. The second-order valence-corrected chi connectivity index (χ2v) is 4.31. The van der Waals surface area contributed by atoms with Crippen LogP contribution in [0.4, 0.5) is 0 Å². The van der Waals surface area contributed by atoms with Crippen molar-refractivity contribution < 1.29 is 4.74 Å². The molecule has 0 N–H and O–H groups in total. The molecule has 0 radical (unpaired) electrons. The van der Waals surface area contributed by atoms with Crippen molar-refractivity contribution in [2.45, 2.75) is 13.3 Å². The molecular formula is C17H18O. The number of benzene rings is 2. The van der Waals surface area contributed by atoms with Crippen molar-refractivity contribution in [3.63, 3.8) is 0 Å². The molecule has 0 atom stereocenters. The molecule has 1 heteroatoms. The van der Waals surface area contributed by atoms with E-state index >= 15 is 0 Å². The zero-order valence-electron chi connectivity index (χ0n) is 10.9. The lowest BCUT2D eigenvalue weighted by Crippen LogP contribution is -1.85.